The van der Waals surface area contributed by atoms with E-state index in [-0.39, 0.29) is 10.0 Å². The van der Waals surface area contributed by atoms with Crippen molar-refractivity contribution in [3.63, 3.8) is 0 Å². The molecule has 4 rings (SSSR count). The molecule has 1 aliphatic rings. The second kappa shape index (κ2) is 10.2. The van der Waals surface area contributed by atoms with Gasteiger partial charge in [-0.25, -0.2) is 8.78 Å². The Morgan fingerprint density at radius 1 is 0.900 bits per heavy atom. The van der Waals surface area contributed by atoms with E-state index in [0.717, 1.165) is 13.1 Å². The molecular formula is C23H20BrCl2F2NO. The van der Waals surface area contributed by atoms with Crippen molar-refractivity contribution in [1.29, 1.82) is 0 Å². The summed E-state index contributed by atoms with van der Waals surface area (Å²) in [5, 5.41) is 11.0. The number of aliphatic hydroxyl groups is 1. The van der Waals surface area contributed by atoms with Crippen molar-refractivity contribution in [1.82, 2.24) is 4.90 Å². The van der Waals surface area contributed by atoms with Crippen molar-refractivity contribution < 1.29 is 13.9 Å². The summed E-state index contributed by atoms with van der Waals surface area (Å²) in [4.78, 5) is 2.13. The van der Waals surface area contributed by atoms with Crippen LogP contribution in [0.4, 0.5) is 8.78 Å². The van der Waals surface area contributed by atoms with Gasteiger partial charge in [0.15, 0.2) is 5.82 Å². The van der Waals surface area contributed by atoms with E-state index in [2.05, 4.69) is 33.0 Å². The van der Waals surface area contributed by atoms with E-state index in [1.54, 1.807) is 24.3 Å². The summed E-state index contributed by atoms with van der Waals surface area (Å²) in [6.07, 6.45) is 0.511. The monoisotopic (exact) mass is 513 g/mol. The summed E-state index contributed by atoms with van der Waals surface area (Å²) in [5.74, 6) is -0.914. The normalized spacial score (nSPS) is 18.7. The molecule has 1 atom stereocenters. The van der Waals surface area contributed by atoms with Gasteiger partial charge in [0.1, 0.15) is 11.4 Å². The SMILES string of the molecule is Fc1c(Cl)cccc1Br.OC1(c2cccc(Cl)c2F)CCN(Cc2ccccc2)C1. The molecule has 7 heteroatoms. The average molecular weight is 515 g/mol. The van der Waals surface area contributed by atoms with Crippen LogP contribution in [-0.2, 0) is 12.1 Å². The Morgan fingerprint density at radius 3 is 2.17 bits per heavy atom. The van der Waals surface area contributed by atoms with E-state index in [1.165, 1.54) is 17.7 Å². The van der Waals surface area contributed by atoms with Crippen LogP contribution in [0.3, 0.4) is 0 Å². The summed E-state index contributed by atoms with van der Waals surface area (Å²) in [6, 6.07) is 19.6. The zero-order valence-electron chi connectivity index (χ0n) is 16.0. The molecule has 0 amide bonds. The maximum absolute atomic E-state index is 14.1. The molecule has 1 N–H and O–H groups in total. The number of hydrogen-bond acceptors (Lipinski definition) is 2. The van der Waals surface area contributed by atoms with Crippen LogP contribution in [0.15, 0.2) is 71.2 Å². The van der Waals surface area contributed by atoms with Gasteiger partial charge < -0.3 is 5.11 Å². The first kappa shape index (κ1) is 23.2. The molecule has 0 bridgehead atoms. The zero-order valence-corrected chi connectivity index (χ0v) is 19.1. The fourth-order valence-electron chi connectivity index (χ4n) is 3.41. The number of benzene rings is 3. The van der Waals surface area contributed by atoms with E-state index in [4.69, 9.17) is 23.2 Å². The zero-order chi connectivity index (χ0) is 21.7. The minimum atomic E-state index is -1.16. The van der Waals surface area contributed by atoms with Crippen LogP contribution < -0.4 is 0 Å². The molecule has 3 aromatic rings. The third-order valence-electron chi connectivity index (χ3n) is 4.93. The molecule has 1 aliphatic heterocycles. The highest BCUT2D eigenvalue weighted by atomic mass is 79.9. The average Bonchev–Trinajstić information content (AvgIpc) is 3.11. The van der Waals surface area contributed by atoms with E-state index in [1.807, 2.05) is 18.2 Å². The van der Waals surface area contributed by atoms with Gasteiger partial charge in [-0.15, -0.1) is 0 Å². The second-order valence-electron chi connectivity index (χ2n) is 7.11. The molecule has 0 spiro atoms. The Labute approximate surface area is 193 Å². The van der Waals surface area contributed by atoms with E-state index < -0.39 is 17.2 Å². The minimum absolute atomic E-state index is 0.0578. The van der Waals surface area contributed by atoms with Crippen molar-refractivity contribution in [3.8, 4) is 0 Å². The standard InChI is InChI=1S/C17H17ClFNO.C6H3BrClF/c18-15-8-4-7-14(16(15)19)17(21)9-10-20(12-17)11-13-5-2-1-3-6-13;7-4-2-1-3-5(8)6(4)9/h1-8,21H,9-12H2;1-3H. The highest BCUT2D eigenvalue weighted by molar-refractivity contribution is 9.10. The first-order valence-corrected chi connectivity index (χ1v) is 10.9. The van der Waals surface area contributed by atoms with E-state index in [9.17, 15) is 13.9 Å². The summed E-state index contributed by atoms with van der Waals surface area (Å²) in [5.41, 5.74) is 0.322. The van der Waals surface area contributed by atoms with Crippen LogP contribution in [0.5, 0.6) is 0 Å². The molecule has 0 aliphatic carbocycles. The highest BCUT2D eigenvalue weighted by Crippen LogP contribution is 2.36. The van der Waals surface area contributed by atoms with Gasteiger partial charge in [-0.2, -0.15) is 0 Å². The molecule has 158 valence electrons. The third kappa shape index (κ3) is 5.59. The Kier molecular flexibility index (Phi) is 7.88. The molecule has 30 heavy (non-hydrogen) atoms. The predicted molar refractivity (Wildman–Crippen MR) is 121 cm³/mol. The molecule has 1 unspecified atom stereocenters. The number of rotatable bonds is 3. The quantitative estimate of drug-likeness (QED) is 0.388. The van der Waals surface area contributed by atoms with Gasteiger partial charge in [-0.1, -0.05) is 71.7 Å². The summed E-state index contributed by atoms with van der Waals surface area (Å²) < 4.78 is 27.1. The third-order valence-corrected chi connectivity index (χ3v) is 6.13. The summed E-state index contributed by atoms with van der Waals surface area (Å²) in [7, 11) is 0. The number of nitrogens with zero attached hydrogens (tertiary/aromatic N) is 1. The van der Waals surface area contributed by atoms with Crippen molar-refractivity contribution in [3.05, 3.63) is 104 Å². The fraction of sp³-hybridized carbons (Fsp3) is 0.217. The molecule has 2 nitrogen and oxygen atoms in total. The number of halogens is 5. The minimum Gasteiger partial charge on any atom is -0.384 e. The predicted octanol–water partition coefficient (Wildman–Crippen LogP) is 6.81. The fourth-order valence-corrected chi connectivity index (χ4v) is 4.24. The first-order chi connectivity index (χ1) is 14.3. The maximum Gasteiger partial charge on any atom is 0.155 e. The van der Waals surface area contributed by atoms with Gasteiger partial charge in [0.25, 0.3) is 0 Å². The van der Waals surface area contributed by atoms with Gasteiger partial charge in [-0.3, -0.25) is 4.90 Å². The lowest BCUT2D eigenvalue weighted by atomic mass is 9.92. The lowest BCUT2D eigenvalue weighted by Crippen LogP contribution is -2.31. The highest BCUT2D eigenvalue weighted by Gasteiger charge is 2.39. The van der Waals surface area contributed by atoms with Crippen molar-refractivity contribution in [2.75, 3.05) is 13.1 Å². The van der Waals surface area contributed by atoms with Crippen LogP contribution in [0.25, 0.3) is 0 Å². The Bertz CT molecular complexity index is 985. The van der Waals surface area contributed by atoms with Gasteiger partial charge in [0, 0.05) is 25.2 Å². The summed E-state index contributed by atoms with van der Waals surface area (Å²) in [6.45, 7) is 1.90. The topological polar surface area (TPSA) is 23.5 Å². The second-order valence-corrected chi connectivity index (χ2v) is 8.78. The number of likely N-dealkylation sites (tertiary alicyclic amines) is 1. The summed E-state index contributed by atoms with van der Waals surface area (Å²) >= 11 is 14.2. The molecule has 0 radical (unpaired) electrons. The molecule has 3 aromatic carbocycles. The van der Waals surface area contributed by atoms with Crippen molar-refractivity contribution in [2.24, 2.45) is 0 Å². The first-order valence-electron chi connectivity index (χ1n) is 9.33. The van der Waals surface area contributed by atoms with Crippen molar-refractivity contribution in [2.45, 2.75) is 18.6 Å². The largest absolute Gasteiger partial charge is 0.384 e. The Morgan fingerprint density at radius 2 is 1.53 bits per heavy atom. The van der Waals surface area contributed by atoms with Crippen LogP contribution in [-0.4, -0.2) is 23.1 Å². The molecule has 0 saturated carbocycles. The van der Waals surface area contributed by atoms with E-state index in [0.29, 0.717) is 23.0 Å². The molecule has 1 fully saturated rings. The van der Waals surface area contributed by atoms with Crippen molar-refractivity contribution >= 4 is 39.1 Å². The number of hydrogen-bond donors (Lipinski definition) is 1. The maximum atomic E-state index is 14.1. The van der Waals surface area contributed by atoms with Gasteiger partial charge in [0.05, 0.1) is 14.5 Å². The molecule has 1 heterocycles. The molecular weight excluding hydrogens is 495 g/mol. The van der Waals surface area contributed by atoms with E-state index >= 15 is 0 Å². The Hall–Kier alpha value is -1.50. The number of β-amino-alcohol motifs (C(OH)–C–C–N with tert-alkyl or cyclic N) is 1. The van der Waals surface area contributed by atoms with Gasteiger partial charge >= 0.3 is 0 Å². The van der Waals surface area contributed by atoms with Crippen LogP contribution in [0.1, 0.15) is 17.5 Å². The van der Waals surface area contributed by atoms with Gasteiger partial charge in [-0.05, 0) is 46.1 Å². The van der Waals surface area contributed by atoms with Crippen LogP contribution in [0.2, 0.25) is 10.0 Å². The van der Waals surface area contributed by atoms with Crippen LogP contribution >= 0.6 is 39.1 Å². The van der Waals surface area contributed by atoms with Gasteiger partial charge in [0.2, 0.25) is 0 Å². The molecule has 1 saturated heterocycles. The smallest absolute Gasteiger partial charge is 0.155 e. The molecule has 0 aromatic heterocycles. The Balaban J connectivity index is 0.000000239. The van der Waals surface area contributed by atoms with Crippen LogP contribution in [0, 0.1) is 11.6 Å². The lowest BCUT2D eigenvalue weighted by Gasteiger charge is -2.25. The lowest BCUT2D eigenvalue weighted by molar-refractivity contribution is 0.0417.